The van der Waals surface area contributed by atoms with E-state index in [-0.39, 0.29) is 33.0 Å². The third kappa shape index (κ3) is 13.8. The van der Waals surface area contributed by atoms with Crippen LogP contribution in [0.1, 0.15) is 34.7 Å². The Kier molecular flexibility index (Phi) is 17.4. The van der Waals surface area contributed by atoms with Crippen molar-refractivity contribution in [2.24, 2.45) is 0 Å². The fourth-order valence-electron chi connectivity index (χ4n) is 7.73. The highest BCUT2D eigenvalue weighted by molar-refractivity contribution is 7.85. The lowest BCUT2D eigenvalue weighted by atomic mass is 9.97. The molecule has 2 aliphatic rings. The fraction of sp³-hybridized carbons (Fsp3) is 0.380. The van der Waals surface area contributed by atoms with Crippen molar-refractivity contribution in [3.8, 4) is 0 Å². The quantitative estimate of drug-likeness (QED) is 0.0575. The minimum absolute atomic E-state index is 0.0157. The Morgan fingerprint density at radius 2 is 0.969 bits per heavy atom. The average molecular weight is 913 g/mol. The molecule has 2 fully saturated rings. The molecule has 9 atom stereocenters. The van der Waals surface area contributed by atoms with Gasteiger partial charge >= 0.3 is 5.97 Å². The molecular formula is C50H56O14S. The first-order valence-electron chi connectivity index (χ1n) is 21.5. The zero-order chi connectivity index (χ0) is 45.5. The van der Waals surface area contributed by atoms with E-state index in [1.165, 1.54) is 6.92 Å². The van der Waals surface area contributed by atoms with Gasteiger partial charge in [-0.15, -0.1) is 0 Å². The van der Waals surface area contributed by atoms with Gasteiger partial charge in [0.1, 0.15) is 49.3 Å². The second-order valence-corrected chi connectivity index (χ2v) is 17.5. The van der Waals surface area contributed by atoms with Crippen molar-refractivity contribution in [1.29, 1.82) is 0 Å². The van der Waals surface area contributed by atoms with Crippen LogP contribution >= 0.6 is 0 Å². The zero-order valence-electron chi connectivity index (χ0n) is 36.4. The van der Waals surface area contributed by atoms with Crippen molar-refractivity contribution in [3.63, 3.8) is 0 Å². The highest BCUT2D eigenvalue weighted by Crippen LogP contribution is 2.42. The van der Waals surface area contributed by atoms with Gasteiger partial charge in [-0.2, -0.15) is 8.42 Å². The lowest BCUT2D eigenvalue weighted by molar-refractivity contribution is -0.396. The van der Waals surface area contributed by atoms with Gasteiger partial charge in [0.25, 0.3) is 10.1 Å². The van der Waals surface area contributed by atoms with Crippen LogP contribution in [0.4, 0.5) is 0 Å². The van der Waals surface area contributed by atoms with Crippen LogP contribution in [-0.4, -0.2) is 100 Å². The maximum absolute atomic E-state index is 12.7. The number of carbonyl (C=O) groups is 1. The Labute approximate surface area is 380 Å². The normalized spacial score (nSPS) is 25.6. The molecule has 0 bridgehead atoms. The predicted molar refractivity (Wildman–Crippen MR) is 237 cm³/mol. The molecule has 2 aliphatic heterocycles. The van der Waals surface area contributed by atoms with Gasteiger partial charge in [-0.25, -0.2) is 0 Å². The molecule has 5 aromatic carbocycles. The van der Waals surface area contributed by atoms with Gasteiger partial charge in [0.2, 0.25) is 5.79 Å². The molecule has 15 heteroatoms. The van der Waals surface area contributed by atoms with E-state index >= 15 is 0 Å². The summed E-state index contributed by atoms with van der Waals surface area (Å²) >= 11 is 0. The first-order valence-corrected chi connectivity index (χ1v) is 23.3. The van der Waals surface area contributed by atoms with Crippen LogP contribution in [0.2, 0.25) is 0 Å². The smallest absolute Gasteiger partial charge is 0.302 e. The van der Waals surface area contributed by atoms with E-state index in [2.05, 4.69) is 0 Å². The molecule has 0 saturated carbocycles. The molecule has 0 unspecified atom stereocenters. The Bertz CT molecular complexity index is 2270. The molecule has 2 saturated heterocycles. The Morgan fingerprint density at radius 3 is 1.38 bits per heavy atom. The average Bonchev–Trinajstić information content (AvgIpc) is 3.62. The molecule has 1 N–H and O–H groups in total. The second-order valence-electron chi connectivity index (χ2n) is 15.8. The Balaban J connectivity index is 1.31. The highest BCUT2D eigenvalue weighted by atomic mass is 32.2. The van der Waals surface area contributed by atoms with Gasteiger partial charge in [0.05, 0.1) is 52.5 Å². The van der Waals surface area contributed by atoms with Crippen LogP contribution in [0.5, 0.6) is 0 Å². The number of aliphatic hydroxyl groups is 1. The largest absolute Gasteiger partial charge is 0.460 e. The van der Waals surface area contributed by atoms with Crippen molar-refractivity contribution in [2.45, 2.75) is 94.8 Å². The molecule has 65 heavy (non-hydrogen) atoms. The molecule has 0 aliphatic carbocycles. The summed E-state index contributed by atoms with van der Waals surface area (Å²) in [6.45, 7) is 0.0844. The van der Waals surface area contributed by atoms with Gasteiger partial charge in [-0.3, -0.25) is 8.98 Å². The number of aliphatic hydroxyl groups excluding tert-OH is 1. The lowest BCUT2D eigenvalue weighted by Gasteiger charge is -2.48. The van der Waals surface area contributed by atoms with Crippen LogP contribution in [0, 0.1) is 0 Å². The fourth-order valence-corrected chi connectivity index (χ4v) is 8.11. The van der Waals surface area contributed by atoms with Crippen LogP contribution in [-0.2, 0) is 94.8 Å². The third-order valence-electron chi connectivity index (χ3n) is 10.9. The summed E-state index contributed by atoms with van der Waals surface area (Å²) in [6, 6.07) is 47.4. The molecule has 0 amide bonds. The molecule has 0 radical (unpaired) electrons. The van der Waals surface area contributed by atoms with Crippen molar-refractivity contribution in [3.05, 3.63) is 179 Å². The topological polar surface area (TPSA) is 164 Å². The van der Waals surface area contributed by atoms with E-state index in [0.717, 1.165) is 34.1 Å². The summed E-state index contributed by atoms with van der Waals surface area (Å²) in [6.07, 6.45) is -8.00. The zero-order valence-corrected chi connectivity index (χ0v) is 37.2. The number of ether oxygens (including phenoxy) is 9. The van der Waals surface area contributed by atoms with E-state index in [9.17, 15) is 18.3 Å². The van der Waals surface area contributed by atoms with Crippen LogP contribution < -0.4 is 0 Å². The van der Waals surface area contributed by atoms with Gasteiger partial charge < -0.3 is 47.7 Å². The summed E-state index contributed by atoms with van der Waals surface area (Å²) < 4.78 is 90.1. The standard InChI is InChI=1S/C50H56O14S/c1-36(52)60-35-50(48(59-33-41-26-16-7-17-27-41)45(43(63-50)34-61-65(2,53)54)56-30-38-20-10-4-11-21-38)64-49-47(58-32-40-24-14-6-15-25-40)46(57-31-39-22-12-5-13-23-39)44(42(28-51)62-49)55-29-37-18-8-3-9-19-37/h3-27,42-49,51H,28-35H2,1-2H3/t42-,43-,44-,45-,46+,47-,48+,49-,50+/m1/s1. The molecule has 346 valence electrons. The second kappa shape index (κ2) is 23.5. The van der Waals surface area contributed by atoms with E-state index in [0.29, 0.717) is 0 Å². The van der Waals surface area contributed by atoms with E-state index in [4.69, 9.17) is 46.8 Å². The number of carbonyl (C=O) groups excluding carboxylic acids is 1. The van der Waals surface area contributed by atoms with Crippen molar-refractivity contribution in [2.75, 3.05) is 26.1 Å². The van der Waals surface area contributed by atoms with Crippen LogP contribution in [0.3, 0.4) is 0 Å². The lowest BCUT2D eigenvalue weighted by Crippen LogP contribution is -2.64. The first kappa shape index (κ1) is 48.1. The molecule has 2 heterocycles. The highest BCUT2D eigenvalue weighted by Gasteiger charge is 2.62. The van der Waals surface area contributed by atoms with Crippen molar-refractivity contribution >= 4 is 16.1 Å². The predicted octanol–water partition coefficient (Wildman–Crippen LogP) is 6.28. The van der Waals surface area contributed by atoms with Gasteiger partial charge in [-0.05, 0) is 27.8 Å². The monoisotopic (exact) mass is 912 g/mol. The molecule has 0 aromatic heterocycles. The SMILES string of the molecule is CC(=O)OC[C@@]1(O[C@H]2O[C@H](CO)[C@@H](OCc3ccccc3)[C@H](OCc3ccccc3)[C@H]2OCc2ccccc2)O[C@H](COS(C)(=O)=O)[C@@H](OCc2ccccc2)[C@@H]1OCc1ccccc1. The van der Waals surface area contributed by atoms with E-state index in [1.54, 1.807) is 0 Å². The first-order chi connectivity index (χ1) is 31.6. The molecule has 7 rings (SSSR count). The van der Waals surface area contributed by atoms with E-state index in [1.807, 2.05) is 152 Å². The maximum atomic E-state index is 12.7. The minimum Gasteiger partial charge on any atom is -0.460 e. The Hall–Kier alpha value is -4.88. The van der Waals surface area contributed by atoms with Crippen molar-refractivity contribution in [1.82, 2.24) is 0 Å². The van der Waals surface area contributed by atoms with Crippen LogP contribution in [0.25, 0.3) is 0 Å². The molecular weight excluding hydrogens is 857 g/mol. The van der Waals surface area contributed by atoms with Gasteiger partial charge in [0, 0.05) is 6.92 Å². The number of benzene rings is 5. The molecule has 0 spiro atoms. The van der Waals surface area contributed by atoms with E-state index < -0.39 is 90.7 Å². The minimum atomic E-state index is -3.99. The summed E-state index contributed by atoms with van der Waals surface area (Å²) in [5.74, 6) is -2.74. The van der Waals surface area contributed by atoms with Gasteiger partial charge in [0.15, 0.2) is 6.29 Å². The number of esters is 1. The van der Waals surface area contributed by atoms with Gasteiger partial charge in [-0.1, -0.05) is 152 Å². The molecule has 14 nitrogen and oxygen atoms in total. The summed E-state index contributed by atoms with van der Waals surface area (Å²) in [5.41, 5.74) is 4.19. The summed E-state index contributed by atoms with van der Waals surface area (Å²) in [5, 5.41) is 11.1. The number of hydrogen-bond acceptors (Lipinski definition) is 14. The number of hydrogen-bond donors (Lipinski definition) is 1. The number of rotatable bonds is 23. The van der Waals surface area contributed by atoms with Crippen molar-refractivity contribution < 1.29 is 65.1 Å². The molecule has 5 aromatic rings. The summed E-state index contributed by atoms with van der Waals surface area (Å²) in [4.78, 5) is 12.7. The van der Waals surface area contributed by atoms with Crippen LogP contribution in [0.15, 0.2) is 152 Å². The summed E-state index contributed by atoms with van der Waals surface area (Å²) in [7, 11) is -3.99. The maximum Gasteiger partial charge on any atom is 0.302 e. The Morgan fingerprint density at radius 1 is 0.569 bits per heavy atom. The third-order valence-corrected chi connectivity index (χ3v) is 11.4.